The maximum Gasteiger partial charge on any atom is 0.215 e. The molecule has 1 fully saturated rings. The zero-order valence-corrected chi connectivity index (χ0v) is 10.1. The molecule has 0 aromatic carbocycles. The molecular formula is C9H20N2O3S. The van der Waals surface area contributed by atoms with Gasteiger partial charge in [0.2, 0.25) is 10.0 Å². The second kappa shape index (κ2) is 5.25. The maximum absolute atomic E-state index is 11.8. The standard InChI is InChI=1S/C9H20N2O3S/c1-8-3-5-11(7-9(8)12)15(13,14)6-4-10-2/h8-10,12H,3-7H2,1-2H3. The van der Waals surface area contributed by atoms with Crippen molar-refractivity contribution in [3.05, 3.63) is 0 Å². The number of nitrogens with zero attached hydrogens (tertiary/aromatic N) is 1. The molecule has 1 rings (SSSR count). The lowest BCUT2D eigenvalue weighted by Gasteiger charge is -2.33. The van der Waals surface area contributed by atoms with Gasteiger partial charge >= 0.3 is 0 Å². The van der Waals surface area contributed by atoms with Crippen molar-refractivity contribution >= 4 is 10.0 Å². The summed E-state index contributed by atoms with van der Waals surface area (Å²) in [4.78, 5) is 0. The largest absolute Gasteiger partial charge is 0.391 e. The highest BCUT2D eigenvalue weighted by Crippen LogP contribution is 2.19. The van der Waals surface area contributed by atoms with Crippen LogP contribution in [0.25, 0.3) is 0 Å². The highest BCUT2D eigenvalue weighted by Gasteiger charge is 2.31. The van der Waals surface area contributed by atoms with E-state index in [9.17, 15) is 13.5 Å². The van der Waals surface area contributed by atoms with Gasteiger partial charge in [-0.15, -0.1) is 0 Å². The topological polar surface area (TPSA) is 69.6 Å². The zero-order chi connectivity index (χ0) is 11.5. The fraction of sp³-hybridized carbons (Fsp3) is 1.00. The second-order valence-electron chi connectivity index (χ2n) is 4.11. The van der Waals surface area contributed by atoms with Crippen LogP contribution >= 0.6 is 0 Å². The molecule has 90 valence electrons. The summed E-state index contributed by atoms with van der Waals surface area (Å²) >= 11 is 0. The van der Waals surface area contributed by atoms with Gasteiger partial charge in [0.1, 0.15) is 0 Å². The predicted octanol–water partition coefficient (Wildman–Crippen LogP) is -0.762. The van der Waals surface area contributed by atoms with Gasteiger partial charge in [-0.25, -0.2) is 8.42 Å². The number of rotatable bonds is 4. The highest BCUT2D eigenvalue weighted by molar-refractivity contribution is 7.89. The van der Waals surface area contributed by atoms with Gasteiger partial charge in [-0.05, 0) is 19.4 Å². The fourth-order valence-corrected chi connectivity index (χ4v) is 3.12. The molecule has 0 spiro atoms. The number of piperidine rings is 1. The lowest BCUT2D eigenvalue weighted by atomic mass is 9.98. The van der Waals surface area contributed by atoms with Crippen molar-refractivity contribution in [2.75, 3.05) is 32.4 Å². The van der Waals surface area contributed by atoms with Crippen molar-refractivity contribution in [2.45, 2.75) is 19.4 Å². The van der Waals surface area contributed by atoms with Crippen molar-refractivity contribution < 1.29 is 13.5 Å². The maximum atomic E-state index is 11.8. The normalized spacial score (nSPS) is 29.3. The van der Waals surface area contributed by atoms with Crippen LogP contribution in [0.4, 0.5) is 0 Å². The molecular weight excluding hydrogens is 216 g/mol. The molecule has 2 unspecified atom stereocenters. The Morgan fingerprint density at radius 1 is 1.53 bits per heavy atom. The third kappa shape index (κ3) is 3.41. The number of aliphatic hydroxyl groups is 1. The van der Waals surface area contributed by atoms with Crippen LogP contribution in [0, 0.1) is 5.92 Å². The van der Waals surface area contributed by atoms with Crippen LogP contribution in [0.3, 0.4) is 0 Å². The molecule has 2 atom stereocenters. The van der Waals surface area contributed by atoms with Crippen LogP contribution in [0.1, 0.15) is 13.3 Å². The molecule has 15 heavy (non-hydrogen) atoms. The molecule has 1 heterocycles. The Bertz CT molecular complexity index is 292. The van der Waals surface area contributed by atoms with Gasteiger partial charge in [0.25, 0.3) is 0 Å². The van der Waals surface area contributed by atoms with Gasteiger partial charge in [-0.1, -0.05) is 6.92 Å². The van der Waals surface area contributed by atoms with E-state index < -0.39 is 16.1 Å². The van der Waals surface area contributed by atoms with E-state index in [0.29, 0.717) is 13.1 Å². The SMILES string of the molecule is CNCCS(=O)(=O)N1CCC(C)C(O)C1. The van der Waals surface area contributed by atoms with E-state index in [1.165, 1.54) is 4.31 Å². The van der Waals surface area contributed by atoms with E-state index >= 15 is 0 Å². The van der Waals surface area contributed by atoms with E-state index in [4.69, 9.17) is 0 Å². The molecule has 0 amide bonds. The summed E-state index contributed by atoms with van der Waals surface area (Å²) < 4.78 is 24.9. The molecule has 1 aliphatic heterocycles. The molecule has 5 nitrogen and oxygen atoms in total. The molecule has 6 heteroatoms. The van der Waals surface area contributed by atoms with Crippen molar-refractivity contribution in [3.63, 3.8) is 0 Å². The molecule has 0 aromatic rings. The van der Waals surface area contributed by atoms with Crippen molar-refractivity contribution in [3.8, 4) is 0 Å². The number of hydrogen-bond donors (Lipinski definition) is 2. The van der Waals surface area contributed by atoms with Crippen LogP contribution in [-0.2, 0) is 10.0 Å². The van der Waals surface area contributed by atoms with Crippen molar-refractivity contribution in [1.29, 1.82) is 0 Å². The van der Waals surface area contributed by atoms with Gasteiger partial charge < -0.3 is 10.4 Å². The Morgan fingerprint density at radius 3 is 2.73 bits per heavy atom. The minimum absolute atomic E-state index is 0.102. The molecule has 0 radical (unpaired) electrons. The van der Waals surface area contributed by atoms with E-state index in [1.807, 2.05) is 6.92 Å². The first-order chi connectivity index (χ1) is 6.97. The number of β-amino-alcohol motifs (C(OH)–C–C–N with tert-alkyl or cyclic N) is 1. The Balaban J connectivity index is 2.57. The van der Waals surface area contributed by atoms with Crippen LogP contribution in [0.5, 0.6) is 0 Å². The van der Waals surface area contributed by atoms with Gasteiger partial charge in [0, 0.05) is 19.6 Å². The van der Waals surface area contributed by atoms with E-state index in [1.54, 1.807) is 7.05 Å². The van der Waals surface area contributed by atoms with Gasteiger partial charge in [-0.2, -0.15) is 4.31 Å². The third-order valence-electron chi connectivity index (χ3n) is 2.88. The average molecular weight is 236 g/mol. The summed E-state index contributed by atoms with van der Waals surface area (Å²) in [5.74, 6) is 0.297. The summed E-state index contributed by atoms with van der Waals surface area (Å²) in [7, 11) is -1.47. The summed E-state index contributed by atoms with van der Waals surface area (Å²) in [6, 6.07) is 0. The minimum Gasteiger partial charge on any atom is -0.391 e. The molecule has 0 bridgehead atoms. The summed E-state index contributed by atoms with van der Waals surface area (Å²) in [5.41, 5.74) is 0. The van der Waals surface area contributed by atoms with Gasteiger partial charge in [0.15, 0.2) is 0 Å². The van der Waals surface area contributed by atoms with E-state index in [0.717, 1.165) is 6.42 Å². The van der Waals surface area contributed by atoms with E-state index in [-0.39, 0.29) is 18.2 Å². The lowest BCUT2D eigenvalue weighted by Crippen LogP contribution is -2.47. The number of aliphatic hydroxyl groups excluding tert-OH is 1. The number of hydrogen-bond acceptors (Lipinski definition) is 4. The Morgan fingerprint density at radius 2 is 2.20 bits per heavy atom. The number of sulfonamides is 1. The molecule has 1 aliphatic rings. The van der Waals surface area contributed by atoms with E-state index in [2.05, 4.69) is 5.32 Å². The molecule has 2 N–H and O–H groups in total. The molecule has 1 saturated heterocycles. The zero-order valence-electron chi connectivity index (χ0n) is 9.31. The quantitative estimate of drug-likeness (QED) is 0.673. The number of nitrogens with one attached hydrogen (secondary N) is 1. The Hall–Kier alpha value is -0.170. The lowest BCUT2D eigenvalue weighted by molar-refractivity contribution is 0.0605. The minimum atomic E-state index is -3.19. The summed E-state index contributed by atoms with van der Waals surface area (Å²) in [6.45, 7) is 3.17. The van der Waals surface area contributed by atoms with Gasteiger partial charge in [-0.3, -0.25) is 0 Å². The molecule has 0 saturated carbocycles. The highest BCUT2D eigenvalue weighted by atomic mass is 32.2. The third-order valence-corrected chi connectivity index (χ3v) is 4.72. The van der Waals surface area contributed by atoms with Crippen LogP contribution in [0.2, 0.25) is 0 Å². The molecule has 0 aromatic heterocycles. The second-order valence-corrected chi connectivity index (χ2v) is 6.20. The Kier molecular flexibility index (Phi) is 4.51. The Labute approximate surface area is 91.5 Å². The van der Waals surface area contributed by atoms with Crippen molar-refractivity contribution in [1.82, 2.24) is 9.62 Å². The first-order valence-corrected chi connectivity index (χ1v) is 6.89. The predicted molar refractivity (Wildman–Crippen MR) is 59.1 cm³/mol. The first kappa shape index (κ1) is 12.9. The van der Waals surface area contributed by atoms with Crippen LogP contribution < -0.4 is 5.32 Å². The average Bonchev–Trinajstić information content (AvgIpc) is 2.19. The fourth-order valence-electron chi connectivity index (χ4n) is 1.63. The van der Waals surface area contributed by atoms with Crippen molar-refractivity contribution in [2.24, 2.45) is 5.92 Å². The van der Waals surface area contributed by atoms with Gasteiger partial charge in [0.05, 0.1) is 11.9 Å². The summed E-state index contributed by atoms with van der Waals surface area (Å²) in [5, 5.41) is 12.4. The summed E-state index contributed by atoms with van der Waals surface area (Å²) in [6.07, 6.45) is 0.211. The molecule has 0 aliphatic carbocycles. The van der Waals surface area contributed by atoms with Crippen LogP contribution in [-0.4, -0.2) is 56.4 Å². The van der Waals surface area contributed by atoms with Crippen LogP contribution in [0.15, 0.2) is 0 Å². The first-order valence-electron chi connectivity index (χ1n) is 5.28. The monoisotopic (exact) mass is 236 g/mol. The smallest absolute Gasteiger partial charge is 0.215 e.